The SMILES string of the molecule is CNCCc1ccc2c(Cl)ncn2c1. The molecule has 0 unspecified atom stereocenters. The van der Waals surface area contributed by atoms with Crippen LogP contribution in [0, 0.1) is 0 Å². The molecule has 1 N–H and O–H groups in total. The normalized spacial score (nSPS) is 11.0. The van der Waals surface area contributed by atoms with E-state index in [-0.39, 0.29) is 0 Å². The Morgan fingerprint density at radius 3 is 3.14 bits per heavy atom. The minimum atomic E-state index is 0.560. The molecule has 74 valence electrons. The molecule has 0 aliphatic carbocycles. The molecule has 0 saturated carbocycles. The van der Waals surface area contributed by atoms with Gasteiger partial charge in [-0.05, 0) is 31.6 Å². The van der Waals surface area contributed by atoms with E-state index in [0.29, 0.717) is 5.15 Å². The minimum Gasteiger partial charge on any atom is -0.319 e. The van der Waals surface area contributed by atoms with E-state index in [0.717, 1.165) is 18.5 Å². The summed E-state index contributed by atoms with van der Waals surface area (Å²) in [6, 6.07) is 4.08. The molecule has 0 aromatic carbocycles. The molecule has 2 aromatic heterocycles. The van der Waals surface area contributed by atoms with Gasteiger partial charge in [-0.1, -0.05) is 17.7 Å². The number of fused-ring (bicyclic) bond motifs is 1. The highest BCUT2D eigenvalue weighted by Crippen LogP contribution is 2.15. The third-order valence-electron chi connectivity index (χ3n) is 2.21. The van der Waals surface area contributed by atoms with E-state index in [9.17, 15) is 0 Å². The predicted octanol–water partition coefficient (Wildman–Crippen LogP) is 1.75. The van der Waals surface area contributed by atoms with Crippen molar-refractivity contribution >= 4 is 17.1 Å². The van der Waals surface area contributed by atoms with Crippen LogP contribution < -0.4 is 5.32 Å². The molecular formula is C10H12ClN3. The first kappa shape index (κ1) is 9.49. The second-order valence-electron chi connectivity index (χ2n) is 3.22. The number of hydrogen-bond donors (Lipinski definition) is 1. The van der Waals surface area contributed by atoms with Gasteiger partial charge in [0.2, 0.25) is 0 Å². The lowest BCUT2D eigenvalue weighted by molar-refractivity contribution is 0.788. The van der Waals surface area contributed by atoms with Crippen molar-refractivity contribution in [2.75, 3.05) is 13.6 Å². The van der Waals surface area contributed by atoms with Crippen molar-refractivity contribution in [1.29, 1.82) is 0 Å². The summed E-state index contributed by atoms with van der Waals surface area (Å²) >= 11 is 5.88. The van der Waals surface area contributed by atoms with Crippen LogP contribution in [-0.2, 0) is 6.42 Å². The molecule has 0 radical (unpaired) electrons. The molecule has 2 heterocycles. The fourth-order valence-corrected chi connectivity index (χ4v) is 1.63. The van der Waals surface area contributed by atoms with Crippen LogP contribution in [0.15, 0.2) is 24.7 Å². The fraction of sp³-hybridized carbons (Fsp3) is 0.300. The summed E-state index contributed by atoms with van der Waals surface area (Å²) in [4.78, 5) is 4.03. The number of hydrogen-bond acceptors (Lipinski definition) is 2. The highest BCUT2D eigenvalue weighted by Gasteiger charge is 2.01. The summed E-state index contributed by atoms with van der Waals surface area (Å²) in [7, 11) is 1.95. The van der Waals surface area contributed by atoms with Gasteiger partial charge < -0.3 is 9.72 Å². The fourth-order valence-electron chi connectivity index (χ4n) is 1.43. The molecule has 0 fully saturated rings. The molecule has 3 nitrogen and oxygen atoms in total. The molecule has 2 aromatic rings. The number of nitrogens with one attached hydrogen (secondary N) is 1. The van der Waals surface area contributed by atoms with E-state index in [4.69, 9.17) is 11.6 Å². The topological polar surface area (TPSA) is 29.3 Å². The number of nitrogens with zero attached hydrogens (tertiary/aromatic N) is 2. The lowest BCUT2D eigenvalue weighted by atomic mass is 10.2. The molecule has 0 spiro atoms. The van der Waals surface area contributed by atoms with Gasteiger partial charge in [0.25, 0.3) is 0 Å². The molecule has 4 heteroatoms. The number of pyridine rings is 1. The maximum absolute atomic E-state index is 5.88. The van der Waals surface area contributed by atoms with Crippen molar-refractivity contribution in [3.63, 3.8) is 0 Å². The van der Waals surface area contributed by atoms with Crippen molar-refractivity contribution in [3.05, 3.63) is 35.4 Å². The first-order valence-electron chi connectivity index (χ1n) is 4.57. The molecule has 0 saturated heterocycles. The standard InChI is InChI=1S/C10H12ClN3/c1-12-5-4-8-2-3-9-10(11)13-7-14(9)6-8/h2-3,6-7,12H,4-5H2,1H3. The van der Waals surface area contributed by atoms with Gasteiger partial charge in [-0.15, -0.1) is 0 Å². The third-order valence-corrected chi connectivity index (χ3v) is 2.50. The van der Waals surface area contributed by atoms with E-state index >= 15 is 0 Å². The Hall–Kier alpha value is -1.06. The Bertz CT molecular complexity index is 436. The third kappa shape index (κ3) is 1.74. The molecule has 14 heavy (non-hydrogen) atoms. The maximum atomic E-state index is 5.88. The molecule has 0 aliphatic heterocycles. The Morgan fingerprint density at radius 1 is 1.50 bits per heavy atom. The van der Waals surface area contributed by atoms with Crippen LogP contribution in [0.2, 0.25) is 5.15 Å². The lowest BCUT2D eigenvalue weighted by Crippen LogP contribution is -2.10. The Balaban J connectivity index is 2.32. The Kier molecular flexibility index (Phi) is 2.70. The smallest absolute Gasteiger partial charge is 0.154 e. The summed E-state index contributed by atoms with van der Waals surface area (Å²) in [6.07, 6.45) is 4.81. The zero-order valence-corrected chi connectivity index (χ0v) is 8.75. The highest BCUT2D eigenvalue weighted by molar-refractivity contribution is 6.32. The molecule has 0 bridgehead atoms. The molecule has 0 atom stereocenters. The molecule has 0 aliphatic rings. The van der Waals surface area contributed by atoms with E-state index in [1.54, 1.807) is 6.33 Å². The van der Waals surface area contributed by atoms with Crippen molar-refractivity contribution in [2.24, 2.45) is 0 Å². The second kappa shape index (κ2) is 3.98. The number of likely N-dealkylation sites (N-methyl/N-ethyl adjacent to an activating group) is 1. The van der Waals surface area contributed by atoms with Crippen LogP contribution in [0.5, 0.6) is 0 Å². The Labute approximate surface area is 87.7 Å². The second-order valence-corrected chi connectivity index (χ2v) is 3.58. The van der Waals surface area contributed by atoms with Gasteiger partial charge in [-0.2, -0.15) is 0 Å². The van der Waals surface area contributed by atoms with Gasteiger partial charge in [-0.25, -0.2) is 4.98 Å². The minimum absolute atomic E-state index is 0.560. The van der Waals surface area contributed by atoms with Crippen molar-refractivity contribution in [2.45, 2.75) is 6.42 Å². The van der Waals surface area contributed by atoms with Gasteiger partial charge in [0.1, 0.15) is 6.33 Å². The van der Waals surface area contributed by atoms with Crippen molar-refractivity contribution in [1.82, 2.24) is 14.7 Å². The van der Waals surface area contributed by atoms with E-state index in [1.165, 1.54) is 5.56 Å². The van der Waals surface area contributed by atoms with Crippen LogP contribution >= 0.6 is 11.6 Å². The van der Waals surface area contributed by atoms with Gasteiger partial charge in [0, 0.05) is 6.20 Å². The van der Waals surface area contributed by atoms with Gasteiger partial charge in [0.15, 0.2) is 5.15 Å². The summed E-state index contributed by atoms with van der Waals surface area (Å²) < 4.78 is 1.95. The summed E-state index contributed by atoms with van der Waals surface area (Å²) in [6.45, 7) is 0.980. The number of rotatable bonds is 3. The molecule has 2 rings (SSSR count). The molecule has 0 amide bonds. The maximum Gasteiger partial charge on any atom is 0.154 e. The quantitative estimate of drug-likeness (QED) is 0.835. The average Bonchev–Trinajstić information content (AvgIpc) is 2.57. The van der Waals surface area contributed by atoms with Crippen molar-refractivity contribution in [3.8, 4) is 0 Å². The van der Waals surface area contributed by atoms with E-state index in [1.807, 2.05) is 17.5 Å². The summed E-state index contributed by atoms with van der Waals surface area (Å²) in [5.41, 5.74) is 2.24. The van der Waals surface area contributed by atoms with Crippen LogP contribution in [0.1, 0.15) is 5.56 Å². The van der Waals surface area contributed by atoms with Crippen molar-refractivity contribution < 1.29 is 0 Å². The number of imidazole rings is 1. The van der Waals surface area contributed by atoms with Gasteiger partial charge in [-0.3, -0.25) is 0 Å². The first-order valence-corrected chi connectivity index (χ1v) is 4.95. The molecular weight excluding hydrogens is 198 g/mol. The summed E-state index contributed by atoms with van der Waals surface area (Å²) in [5.74, 6) is 0. The van der Waals surface area contributed by atoms with Gasteiger partial charge >= 0.3 is 0 Å². The zero-order chi connectivity index (χ0) is 9.97. The van der Waals surface area contributed by atoms with Gasteiger partial charge in [0.05, 0.1) is 5.52 Å². The van der Waals surface area contributed by atoms with Crippen LogP contribution in [0.3, 0.4) is 0 Å². The zero-order valence-electron chi connectivity index (χ0n) is 8.00. The van der Waals surface area contributed by atoms with Crippen LogP contribution in [0.25, 0.3) is 5.52 Å². The lowest BCUT2D eigenvalue weighted by Gasteiger charge is -2.01. The first-order chi connectivity index (χ1) is 6.81. The predicted molar refractivity (Wildman–Crippen MR) is 57.8 cm³/mol. The van der Waals surface area contributed by atoms with E-state index in [2.05, 4.69) is 22.6 Å². The largest absolute Gasteiger partial charge is 0.319 e. The average molecular weight is 210 g/mol. The monoisotopic (exact) mass is 209 g/mol. The van der Waals surface area contributed by atoms with E-state index < -0.39 is 0 Å². The summed E-state index contributed by atoms with van der Waals surface area (Å²) in [5, 5.41) is 3.68. The number of halogens is 1. The number of aromatic nitrogens is 2. The van der Waals surface area contributed by atoms with Crippen LogP contribution in [-0.4, -0.2) is 23.0 Å². The van der Waals surface area contributed by atoms with Crippen LogP contribution in [0.4, 0.5) is 0 Å². The Morgan fingerprint density at radius 2 is 2.36 bits per heavy atom. The highest BCUT2D eigenvalue weighted by atomic mass is 35.5.